The second kappa shape index (κ2) is 8.66. The fraction of sp³-hybridized carbons (Fsp3) is 0.0476. The molecule has 0 spiro atoms. The van der Waals surface area contributed by atoms with E-state index < -0.39 is 16.7 Å². The molecule has 1 heterocycles. The highest BCUT2D eigenvalue weighted by molar-refractivity contribution is 6.10. The van der Waals surface area contributed by atoms with Crippen molar-refractivity contribution in [2.45, 2.75) is 6.92 Å². The summed E-state index contributed by atoms with van der Waals surface area (Å²) in [5.41, 5.74) is 1.27. The van der Waals surface area contributed by atoms with Gasteiger partial charge in [0.1, 0.15) is 11.5 Å². The maximum atomic E-state index is 12.7. The molecule has 3 rings (SSSR count). The second-order valence-electron chi connectivity index (χ2n) is 6.16. The molecule has 2 amide bonds. The maximum absolute atomic E-state index is 12.7. The van der Waals surface area contributed by atoms with Crippen molar-refractivity contribution in [3.05, 3.63) is 99.6 Å². The highest BCUT2D eigenvalue weighted by Crippen LogP contribution is 2.15. The Morgan fingerprint density at radius 2 is 1.86 bits per heavy atom. The number of amides is 2. The van der Waals surface area contributed by atoms with E-state index in [1.807, 2.05) is 13.0 Å². The average molecular weight is 391 g/mol. The summed E-state index contributed by atoms with van der Waals surface area (Å²) in [4.78, 5) is 35.7. The fourth-order valence-corrected chi connectivity index (χ4v) is 2.55. The molecule has 0 aliphatic carbocycles. The van der Waals surface area contributed by atoms with Gasteiger partial charge in [0.05, 0.1) is 11.2 Å². The highest BCUT2D eigenvalue weighted by Gasteiger charge is 2.17. The van der Waals surface area contributed by atoms with E-state index in [0.717, 1.165) is 11.6 Å². The Labute approximate surface area is 166 Å². The predicted octanol–water partition coefficient (Wildman–Crippen LogP) is 3.91. The first-order valence-electron chi connectivity index (χ1n) is 8.61. The Bertz CT molecular complexity index is 1090. The standard InChI is InChI=1S/C21H17N3O5/c1-14-5-2-7-16(11-14)22-21(26)19(13-18-9-4-10-29-18)23-20(25)15-6-3-8-17(12-15)24(27)28/h2-13H,1H3,(H,22,26)(H,23,25)/b19-13-. The van der Waals surface area contributed by atoms with Gasteiger partial charge in [0, 0.05) is 29.5 Å². The molecule has 0 aliphatic heterocycles. The minimum atomic E-state index is -0.661. The van der Waals surface area contributed by atoms with Crippen molar-refractivity contribution in [2.24, 2.45) is 0 Å². The number of hydrogen-bond acceptors (Lipinski definition) is 5. The van der Waals surface area contributed by atoms with Gasteiger partial charge in [-0.2, -0.15) is 0 Å². The van der Waals surface area contributed by atoms with Crippen molar-refractivity contribution in [1.29, 1.82) is 0 Å². The summed E-state index contributed by atoms with van der Waals surface area (Å²) in [7, 11) is 0. The minimum absolute atomic E-state index is 0.0490. The van der Waals surface area contributed by atoms with Crippen LogP contribution in [0.5, 0.6) is 0 Å². The zero-order valence-electron chi connectivity index (χ0n) is 15.4. The third-order valence-corrected chi connectivity index (χ3v) is 3.92. The van der Waals surface area contributed by atoms with Crippen LogP contribution in [-0.4, -0.2) is 16.7 Å². The lowest BCUT2D eigenvalue weighted by atomic mass is 10.1. The highest BCUT2D eigenvalue weighted by atomic mass is 16.6. The van der Waals surface area contributed by atoms with Gasteiger partial charge in [-0.05, 0) is 42.8 Å². The molecule has 29 heavy (non-hydrogen) atoms. The van der Waals surface area contributed by atoms with Crippen molar-refractivity contribution in [1.82, 2.24) is 5.32 Å². The number of rotatable bonds is 6. The fourth-order valence-electron chi connectivity index (χ4n) is 2.55. The zero-order valence-corrected chi connectivity index (χ0v) is 15.4. The number of anilines is 1. The molecule has 2 N–H and O–H groups in total. The van der Waals surface area contributed by atoms with Crippen LogP contribution in [0.25, 0.3) is 6.08 Å². The van der Waals surface area contributed by atoms with Crippen LogP contribution in [-0.2, 0) is 4.79 Å². The number of nitro groups is 1. The number of non-ortho nitro benzene ring substituents is 1. The third-order valence-electron chi connectivity index (χ3n) is 3.92. The van der Waals surface area contributed by atoms with Crippen LogP contribution in [0, 0.1) is 17.0 Å². The van der Waals surface area contributed by atoms with E-state index in [-0.39, 0.29) is 16.9 Å². The zero-order chi connectivity index (χ0) is 20.8. The molecule has 146 valence electrons. The van der Waals surface area contributed by atoms with Crippen molar-refractivity contribution in [3.63, 3.8) is 0 Å². The number of benzene rings is 2. The van der Waals surface area contributed by atoms with Crippen LogP contribution in [0.15, 0.2) is 77.0 Å². The number of furan rings is 1. The smallest absolute Gasteiger partial charge is 0.272 e. The molecule has 0 fully saturated rings. The van der Waals surface area contributed by atoms with Gasteiger partial charge in [0.2, 0.25) is 0 Å². The first-order chi connectivity index (χ1) is 13.9. The van der Waals surface area contributed by atoms with Gasteiger partial charge in [-0.25, -0.2) is 0 Å². The van der Waals surface area contributed by atoms with Gasteiger partial charge in [0.25, 0.3) is 17.5 Å². The van der Waals surface area contributed by atoms with Gasteiger partial charge in [-0.15, -0.1) is 0 Å². The molecule has 0 atom stereocenters. The van der Waals surface area contributed by atoms with Crippen LogP contribution in [0.4, 0.5) is 11.4 Å². The first kappa shape index (κ1) is 19.6. The summed E-state index contributed by atoms with van der Waals surface area (Å²) in [5, 5.41) is 16.1. The molecule has 2 aromatic carbocycles. The van der Waals surface area contributed by atoms with Gasteiger partial charge in [-0.3, -0.25) is 19.7 Å². The number of nitrogens with zero attached hydrogens (tertiary/aromatic N) is 1. The summed E-state index contributed by atoms with van der Waals surface area (Å²) in [6.45, 7) is 1.89. The minimum Gasteiger partial charge on any atom is -0.465 e. The van der Waals surface area contributed by atoms with Crippen LogP contribution in [0.1, 0.15) is 21.7 Å². The Morgan fingerprint density at radius 1 is 1.07 bits per heavy atom. The molecule has 0 unspecified atom stereocenters. The molecule has 0 saturated heterocycles. The molecule has 0 radical (unpaired) electrons. The normalized spacial score (nSPS) is 11.0. The summed E-state index contributed by atoms with van der Waals surface area (Å²) in [5.74, 6) is -0.865. The molecule has 8 heteroatoms. The Morgan fingerprint density at radius 3 is 2.55 bits per heavy atom. The van der Waals surface area contributed by atoms with E-state index in [1.165, 1.54) is 30.5 Å². The van der Waals surface area contributed by atoms with E-state index in [0.29, 0.717) is 11.4 Å². The van der Waals surface area contributed by atoms with E-state index in [2.05, 4.69) is 10.6 Å². The quantitative estimate of drug-likeness (QED) is 0.376. The number of aryl methyl sites for hydroxylation is 1. The van der Waals surface area contributed by atoms with Crippen molar-refractivity contribution >= 4 is 29.3 Å². The largest absolute Gasteiger partial charge is 0.465 e. The lowest BCUT2D eigenvalue weighted by molar-refractivity contribution is -0.384. The number of nitro benzene ring substituents is 1. The molecule has 3 aromatic rings. The van der Waals surface area contributed by atoms with E-state index in [1.54, 1.807) is 30.3 Å². The predicted molar refractivity (Wildman–Crippen MR) is 107 cm³/mol. The summed E-state index contributed by atoms with van der Waals surface area (Å²) < 4.78 is 5.22. The summed E-state index contributed by atoms with van der Waals surface area (Å²) in [6, 6.07) is 15.7. The van der Waals surface area contributed by atoms with E-state index in [9.17, 15) is 19.7 Å². The topological polar surface area (TPSA) is 114 Å². The molecule has 0 aliphatic rings. The van der Waals surface area contributed by atoms with Gasteiger partial charge >= 0.3 is 0 Å². The Kier molecular flexibility index (Phi) is 5.84. The van der Waals surface area contributed by atoms with Crippen LogP contribution < -0.4 is 10.6 Å². The Balaban J connectivity index is 1.86. The van der Waals surface area contributed by atoms with Gasteiger partial charge in [-0.1, -0.05) is 18.2 Å². The maximum Gasteiger partial charge on any atom is 0.272 e. The summed E-state index contributed by atoms with van der Waals surface area (Å²) >= 11 is 0. The van der Waals surface area contributed by atoms with Crippen molar-refractivity contribution in [3.8, 4) is 0 Å². The second-order valence-corrected chi connectivity index (χ2v) is 6.16. The Hall–Kier alpha value is -4.20. The lowest BCUT2D eigenvalue weighted by Gasteiger charge is -2.11. The number of carbonyl (C=O) groups is 2. The van der Waals surface area contributed by atoms with E-state index >= 15 is 0 Å². The first-order valence-corrected chi connectivity index (χ1v) is 8.61. The number of carbonyl (C=O) groups excluding carboxylic acids is 2. The molecular formula is C21H17N3O5. The van der Waals surface area contributed by atoms with Crippen molar-refractivity contribution in [2.75, 3.05) is 5.32 Å². The SMILES string of the molecule is Cc1cccc(NC(=O)/C(=C/c2ccco2)NC(=O)c2cccc([N+](=O)[O-])c2)c1. The molecular weight excluding hydrogens is 374 g/mol. The van der Waals surface area contributed by atoms with Crippen LogP contribution in [0.3, 0.4) is 0 Å². The third kappa shape index (κ3) is 5.16. The van der Waals surface area contributed by atoms with Crippen LogP contribution >= 0.6 is 0 Å². The number of nitrogens with one attached hydrogen (secondary N) is 2. The molecule has 8 nitrogen and oxygen atoms in total. The summed E-state index contributed by atoms with van der Waals surface area (Å²) in [6.07, 6.45) is 2.81. The molecule has 0 bridgehead atoms. The average Bonchev–Trinajstić information content (AvgIpc) is 3.20. The lowest BCUT2D eigenvalue weighted by Crippen LogP contribution is -2.30. The monoisotopic (exact) mass is 391 g/mol. The molecule has 1 aromatic heterocycles. The van der Waals surface area contributed by atoms with E-state index in [4.69, 9.17) is 4.42 Å². The van der Waals surface area contributed by atoms with Gasteiger partial charge in [0.15, 0.2) is 0 Å². The van der Waals surface area contributed by atoms with Gasteiger partial charge < -0.3 is 15.1 Å². The molecule has 0 saturated carbocycles. The van der Waals surface area contributed by atoms with Crippen molar-refractivity contribution < 1.29 is 18.9 Å². The number of hydrogen-bond donors (Lipinski definition) is 2. The van der Waals surface area contributed by atoms with Crippen LogP contribution in [0.2, 0.25) is 0 Å².